The molecule has 0 atom stereocenters. The number of hydrogen-bond acceptors (Lipinski definition) is 10. The number of aliphatic carboxylic acids is 1. The summed E-state index contributed by atoms with van der Waals surface area (Å²) in [5.74, 6) is 0.733. The number of nitrogens with one attached hydrogen (secondary N) is 1. The molecule has 0 fully saturated rings. The largest absolute Gasteiger partial charge is 0.493 e. The van der Waals surface area contributed by atoms with Gasteiger partial charge in [0.15, 0.2) is 29.1 Å². The fraction of sp³-hybridized carbons (Fsp3) is 0.179. The maximum absolute atomic E-state index is 12.6. The van der Waals surface area contributed by atoms with Crippen molar-refractivity contribution in [3.05, 3.63) is 72.3 Å². The number of methoxy groups -OCH3 is 3. The SMILES string of the molecule is COc1cc(-c2nnc(SCC(=O)N/N=C\c3ccccc3OCC(=O)O)n2-c2ccccc2)cc(OC)c1OC. The number of nitrogens with zero attached hydrogens (tertiary/aromatic N) is 4. The van der Waals surface area contributed by atoms with Gasteiger partial charge in [-0.15, -0.1) is 10.2 Å². The summed E-state index contributed by atoms with van der Waals surface area (Å²) in [6.07, 6.45) is 1.38. The van der Waals surface area contributed by atoms with E-state index in [1.54, 1.807) is 36.4 Å². The van der Waals surface area contributed by atoms with E-state index in [0.29, 0.717) is 45.1 Å². The zero-order valence-corrected chi connectivity index (χ0v) is 23.3. The molecule has 1 amide bonds. The van der Waals surface area contributed by atoms with Crippen molar-refractivity contribution in [3.8, 4) is 40.1 Å². The van der Waals surface area contributed by atoms with Crippen molar-refractivity contribution in [1.29, 1.82) is 0 Å². The molecule has 212 valence electrons. The number of thioether (sulfide) groups is 1. The highest BCUT2D eigenvalue weighted by atomic mass is 32.2. The van der Waals surface area contributed by atoms with Crippen LogP contribution in [0.5, 0.6) is 23.0 Å². The van der Waals surface area contributed by atoms with Crippen LogP contribution in [0.4, 0.5) is 0 Å². The summed E-state index contributed by atoms with van der Waals surface area (Å²) in [7, 11) is 4.60. The summed E-state index contributed by atoms with van der Waals surface area (Å²) in [6.45, 7) is -0.492. The number of hydrazone groups is 1. The third kappa shape index (κ3) is 7.13. The number of carboxylic acids is 1. The Morgan fingerprint density at radius 2 is 1.63 bits per heavy atom. The highest BCUT2D eigenvalue weighted by Crippen LogP contribution is 2.41. The van der Waals surface area contributed by atoms with Gasteiger partial charge < -0.3 is 24.1 Å². The first-order chi connectivity index (χ1) is 19.9. The first kappa shape index (κ1) is 29.0. The number of carbonyl (C=O) groups is 2. The van der Waals surface area contributed by atoms with Crippen LogP contribution in [0.15, 0.2) is 77.0 Å². The molecular weight excluding hydrogens is 550 g/mol. The molecule has 0 spiro atoms. The van der Waals surface area contributed by atoms with Gasteiger partial charge in [-0.25, -0.2) is 10.2 Å². The van der Waals surface area contributed by atoms with E-state index in [1.165, 1.54) is 39.3 Å². The van der Waals surface area contributed by atoms with E-state index in [2.05, 4.69) is 20.7 Å². The molecular formula is C28H27N5O7S. The Hall–Kier alpha value is -5.04. The Bertz CT molecular complexity index is 1520. The molecule has 0 aliphatic carbocycles. The molecule has 0 aliphatic rings. The van der Waals surface area contributed by atoms with E-state index < -0.39 is 12.6 Å². The van der Waals surface area contributed by atoms with Gasteiger partial charge >= 0.3 is 5.97 Å². The molecule has 12 nitrogen and oxygen atoms in total. The van der Waals surface area contributed by atoms with E-state index in [9.17, 15) is 9.59 Å². The van der Waals surface area contributed by atoms with Crippen molar-refractivity contribution < 1.29 is 33.6 Å². The summed E-state index contributed by atoms with van der Waals surface area (Å²) in [6, 6.07) is 19.8. The molecule has 4 aromatic rings. The lowest BCUT2D eigenvalue weighted by molar-refractivity contribution is -0.139. The third-order valence-corrected chi connectivity index (χ3v) is 6.50. The third-order valence-electron chi connectivity index (χ3n) is 5.57. The van der Waals surface area contributed by atoms with E-state index in [-0.39, 0.29) is 11.7 Å². The quantitative estimate of drug-likeness (QED) is 0.137. The topological polar surface area (TPSA) is 146 Å². The van der Waals surface area contributed by atoms with Crippen molar-refractivity contribution in [2.75, 3.05) is 33.7 Å². The monoisotopic (exact) mass is 577 g/mol. The van der Waals surface area contributed by atoms with Crippen molar-refractivity contribution in [2.24, 2.45) is 5.10 Å². The number of para-hydroxylation sites is 2. The van der Waals surface area contributed by atoms with Crippen LogP contribution in [-0.4, -0.2) is 71.7 Å². The molecule has 0 unspecified atom stereocenters. The van der Waals surface area contributed by atoms with Crippen molar-refractivity contribution in [2.45, 2.75) is 5.16 Å². The second-order valence-corrected chi connectivity index (χ2v) is 9.14. The lowest BCUT2D eigenvalue weighted by Gasteiger charge is -2.15. The molecule has 4 rings (SSSR count). The number of benzene rings is 3. The minimum absolute atomic E-state index is 0.00524. The first-order valence-electron chi connectivity index (χ1n) is 12.1. The molecule has 2 N–H and O–H groups in total. The average molecular weight is 578 g/mol. The second kappa shape index (κ2) is 13.8. The average Bonchev–Trinajstić information content (AvgIpc) is 3.43. The zero-order valence-electron chi connectivity index (χ0n) is 22.4. The summed E-state index contributed by atoms with van der Waals surface area (Å²) in [5, 5.41) is 22.1. The van der Waals surface area contributed by atoms with E-state index >= 15 is 0 Å². The normalized spacial score (nSPS) is 10.8. The fourth-order valence-electron chi connectivity index (χ4n) is 3.76. The molecule has 1 heterocycles. The highest BCUT2D eigenvalue weighted by molar-refractivity contribution is 7.99. The molecule has 0 bridgehead atoms. The minimum Gasteiger partial charge on any atom is -0.493 e. The predicted octanol–water partition coefficient (Wildman–Crippen LogP) is 3.67. The van der Waals surface area contributed by atoms with Crippen LogP contribution in [0.2, 0.25) is 0 Å². The molecule has 3 aromatic carbocycles. The molecule has 0 saturated carbocycles. The van der Waals surface area contributed by atoms with Crippen LogP contribution in [0.3, 0.4) is 0 Å². The van der Waals surface area contributed by atoms with Crippen LogP contribution >= 0.6 is 11.8 Å². The fourth-order valence-corrected chi connectivity index (χ4v) is 4.51. The standard InChI is InChI=1S/C28H27N5O7S/c1-37-22-13-19(14-23(38-2)26(22)39-3)27-31-32-28(33(27)20-10-5-4-6-11-20)41-17-24(34)30-29-15-18-9-7-8-12-21(18)40-16-25(35)36/h4-15H,16-17H2,1-3H3,(H,30,34)(H,35,36)/b29-15-. The lowest BCUT2D eigenvalue weighted by Crippen LogP contribution is -2.20. The van der Waals surface area contributed by atoms with Gasteiger partial charge in [-0.1, -0.05) is 42.1 Å². The maximum atomic E-state index is 12.6. The van der Waals surface area contributed by atoms with Crippen LogP contribution in [0, 0.1) is 0 Å². The minimum atomic E-state index is -1.10. The van der Waals surface area contributed by atoms with Gasteiger partial charge in [-0.2, -0.15) is 5.10 Å². The maximum Gasteiger partial charge on any atom is 0.341 e. The smallest absolute Gasteiger partial charge is 0.341 e. The molecule has 0 saturated heterocycles. The summed E-state index contributed by atoms with van der Waals surface area (Å²) in [5.41, 5.74) is 4.44. The number of carboxylic acid groups (broad SMARTS) is 1. The Kier molecular flexibility index (Phi) is 9.78. The molecule has 0 radical (unpaired) electrons. The van der Waals surface area contributed by atoms with E-state index in [4.69, 9.17) is 24.1 Å². The number of hydrogen-bond donors (Lipinski definition) is 2. The Balaban J connectivity index is 1.54. The van der Waals surface area contributed by atoms with Crippen molar-refractivity contribution in [3.63, 3.8) is 0 Å². The van der Waals surface area contributed by atoms with Crippen LogP contribution < -0.4 is 24.4 Å². The summed E-state index contributed by atoms with van der Waals surface area (Å²) in [4.78, 5) is 23.4. The Labute approximate surface area is 239 Å². The van der Waals surface area contributed by atoms with E-state index in [0.717, 1.165) is 5.69 Å². The molecule has 13 heteroatoms. The van der Waals surface area contributed by atoms with Crippen molar-refractivity contribution in [1.82, 2.24) is 20.2 Å². The summed E-state index contributed by atoms with van der Waals surface area (Å²) < 4.78 is 23.5. The van der Waals surface area contributed by atoms with Gasteiger partial charge in [-0.3, -0.25) is 9.36 Å². The molecule has 41 heavy (non-hydrogen) atoms. The van der Waals surface area contributed by atoms with Crippen LogP contribution in [-0.2, 0) is 9.59 Å². The van der Waals surface area contributed by atoms with Gasteiger partial charge in [-0.05, 0) is 36.4 Å². The number of rotatable bonds is 13. The highest BCUT2D eigenvalue weighted by Gasteiger charge is 2.21. The summed E-state index contributed by atoms with van der Waals surface area (Å²) >= 11 is 1.18. The van der Waals surface area contributed by atoms with Crippen molar-refractivity contribution >= 4 is 29.9 Å². The second-order valence-electron chi connectivity index (χ2n) is 8.19. The van der Waals surface area contributed by atoms with Gasteiger partial charge in [0.25, 0.3) is 5.91 Å². The number of carbonyl (C=O) groups excluding carboxylic acids is 1. The number of amides is 1. The number of aromatic nitrogens is 3. The van der Waals surface area contributed by atoms with Gasteiger partial charge in [0.2, 0.25) is 5.75 Å². The van der Waals surface area contributed by atoms with Gasteiger partial charge in [0, 0.05) is 16.8 Å². The first-order valence-corrected chi connectivity index (χ1v) is 13.1. The molecule has 1 aromatic heterocycles. The Morgan fingerprint density at radius 1 is 0.951 bits per heavy atom. The van der Waals surface area contributed by atoms with Crippen LogP contribution in [0.25, 0.3) is 17.1 Å². The van der Waals surface area contributed by atoms with Gasteiger partial charge in [0.05, 0.1) is 33.3 Å². The van der Waals surface area contributed by atoms with E-state index in [1.807, 2.05) is 34.9 Å². The predicted molar refractivity (Wildman–Crippen MR) is 152 cm³/mol. The Morgan fingerprint density at radius 3 is 2.29 bits per heavy atom. The van der Waals surface area contributed by atoms with Crippen LogP contribution in [0.1, 0.15) is 5.56 Å². The molecule has 0 aliphatic heterocycles. The van der Waals surface area contributed by atoms with Gasteiger partial charge in [0.1, 0.15) is 5.75 Å². The lowest BCUT2D eigenvalue weighted by atomic mass is 10.1. The zero-order chi connectivity index (χ0) is 29.2. The number of ether oxygens (including phenoxy) is 4.